The molecular weight excluding hydrogens is 788 g/mol. The molecule has 4 radical (unpaired) electrons. The van der Waals surface area contributed by atoms with Crippen molar-refractivity contribution in [2.75, 3.05) is 13.2 Å². The van der Waals surface area contributed by atoms with Crippen LogP contribution in [0.25, 0.3) is 0 Å². The van der Waals surface area contributed by atoms with Crippen molar-refractivity contribution in [2.24, 2.45) is 0 Å². The van der Waals surface area contributed by atoms with Crippen LogP contribution >= 0.6 is 0 Å². The first-order chi connectivity index (χ1) is 5.91. The Morgan fingerprint density at radius 2 is 0.875 bits per heavy atom. The van der Waals surface area contributed by atoms with Gasteiger partial charge in [-0.1, -0.05) is 12.8 Å². The van der Waals surface area contributed by atoms with E-state index in [0.29, 0.717) is 13.2 Å². The van der Waals surface area contributed by atoms with Crippen LogP contribution in [-0.4, -0.2) is 13.2 Å². The molecule has 0 aliphatic rings. The smallest absolute Gasteiger partial charge is 0.0821 e. The SMILES string of the molecule is [CH2-]CCCCOOCCCC[CH2-].[Tb].[Tb].[Tb].[Tb]. The van der Waals surface area contributed by atoms with Gasteiger partial charge in [0.15, 0.2) is 0 Å². The van der Waals surface area contributed by atoms with Gasteiger partial charge in [0, 0.05) is 154 Å². The molecule has 0 aromatic carbocycles. The van der Waals surface area contributed by atoms with Crippen molar-refractivity contribution < 1.29 is 164 Å². The van der Waals surface area contributed by atoms with Crippen molar-refractivity contribution in [1.29, 1.82) is 0 Å². The molecule has 2 nitrogen and oxygen atoms in total. The average Bonchev–Trinajstić information content (AvgIpc) is 2.10. The first-order valence-electron chi connectivity index (χ1n) is 4.74. The predicted octanol–water partition coefficient (Wildman–Crippen LogP) is 2.94. The van der Waals surface area contributed by atoms with Gasteiger partial charge in [0.1, 0.15) is 0 Å². The van der Waals surface area contributed by atoms with Crippen LogP contribution < -0.4 is 0 Å². The van der Waals surface area contributed by atoms with Gasteiger partial charge in [-0.25, -0.2) is 9.78 Å². The minimum Gasteiger partial charge on any atom is -0.343 e. The van der Waals surface area contributed by atoms with E-state index >= 15 is 0 Å². The van der Waals surface area contributed by atoms with Crippen molar-refractivity contribution in [2.45, 2.75) is 38.5 Å². The number of unbranched alkanes of at least 4 members (excludes halogenated alkanes) is 4. The Hall–Kier alpha value is 5.06. The van der Waals surface area contributed by atoms with E-state index in [4.69, 9.17) is 9.78 Å². The Morgan fingerprint density at radius 3 is 1.12 bits per heavy atom. The second-order valence-electron chi connectivity index (χ2n) is 2.77. The number of hydrogen-bond acceptors (Lipinski definition) is 2. The number of hydrogen-bond donors (Lipinski definition) is 0. The van der Waals surface area contributed by atoms with E-state index in [1.165, 1.54) is 0 Å². The molecule has 0 saturated heterocycles. The Labute approximate surface area is 224 Å². The van der Waals surface area contributed by atoms with Gasteiger partial charge < -0.3 is 13.8 Å². The maximum absolute atomic E-state index is 4.93. The Kier molecular flexibility index (Phi) is 66.0. The van der Waals surface area contributed by atoms with Gasteiger partial charge in [-0.3, -0.25) is 0 Å². The van der Waals surface area contributed by atoms with Crippen molar-refractivity contribution in [3.05, 3.63) is 13.8 Å². The van der Waals surface area contributed by atoms with Crippen LogP contribution in [-0.2, 0) is 9.78 Å². The molecule has 110 valence electrons. The Balaban J connectivity index is -0.000000101. The van der Waals surface area contributed by atoms with E-state index in [1.807, 2.05) is 0 Å². The van der Waals surface area contributed by atoms with Crippen LogP contribution in [0.15, 0.2) is 0 Å². The number of rotatable bonds is 9. The van der Waals surface area contributed by atoms with Crippen molar-refractivity contribution in [3.63, 3.8) is 0 Å². The Morgan fingerprint density at radius 1 is 0.562 bits per heavy atom. The first-order valence-corrected chi connectivity index (χ1v) is 4.74. The van der Waals surface area contributed by atoms with E-state index in [-0.39, 0.29) is 154 Å². The third kappa shape index (κ3) is 31.4. The molecule has 0 aliphatic carbocycles. The molecule has 0 rings (SSSR count). The van der Waals surface area contributed by atoms with E-state index in [9.17, 15) is 0 Å². The maximum Gasteiger partial charge on any atom is 0.0821 e. The minimum atomic E-state index is 0. The monoisotopic (exact) mass is 808 g/mol. The van der Waals surface area contributed by atoms with Gasteiger partial charge in [0.25, 0.3) is 0 Å². The van der Waals surface area contributed by atoms with Gasteiger partial charge >= 0.3 is 0 Å². The summed E-state index contributed by atoms with van der Waals surface area (Å²) < 4.78 is 0. The minimum absolute atomic E-state index is 0. The van der Waals surface area contributed by atoms with Crippen LogP contribution in [0.3, 0.4) is 0 Å². The van der Waals surface area contributed by atoms with Crippen molar-refractivity contribution >= 4 is 0 Å². The maximum atomic E-state index is 4.93. The van der Waals surface area contributed by atoms with Crippen LogP contribution in [0.4, 0.5) is 0 Å². The Bertz CT molecular complexity index is 77.2. The summed E-state index contributed by atoms with van der Waals surface area (Å²) in [5.41, 5.74) is 0. The average molecular weight is 808 g/mol. The summed E-state index contributed by atoms with van der Waals surface area (Å²) in [7, 11) is 0. The fraction of sp³-hybridized carbons (Fsp3) is 0.800. The molecule has 0 aliphatic heterocycles. The molecule has 16 heavy (non-hydrogen) atoms. The molecule has 0 unspecified atom stereocenters. The van der Waals surface area contributed by atoms with E-state index < -0.39 is 0 Å². The van der Waals surface area contributed by atoms with Gasteiger partial charge in [-0.05, 0) is 12.8 Å². The largest absolute Gasteiger partial charge is 0.343 e. The van der Waals surface area contributed by atoms with Gasteiger partial charge in [0.2, 0.25) is 0 Å². The third-order valence-electron chi connectivity index (χ3n) is 1.54. The molecule has 0 N–H and O–H groups in total. The van der Waals surface area contributed by atoms with E-state index in [1.54, 1.807) is 0 Å². The topological polar surface area (TPSA) is 18.5 Å². The fourth-order valence-corrected chi connectivity index (χ4v) is 0.793. The van der Waals surface area contributed by atoms with Gasteiger partial charge in [0.05, 0.1) is 13.2 Å². The molecule has 0 aromatic heterocycles. The van der Waals surface area contributed by atoms with E-state index in [0.717, 1.165) is 38.5 Å². The van der Waals surface area contributed by atoms with Crippen LogP contribution in [0.5, 0.6) is 0 Å². The molecule has 0 spiro atoms. The van der Waals surface area contributed by atoms with Gasteiger partial charge in [-0.2, -0.15) is 12.8 Å². The zero-order valence-corrected chi connectivity index (χ0v) is 17.8. The molecule has 0 saturated carbocycles. The summed E-state index contributed by atoms with van der Waals surface area (Å²) in [5.74, 6) is 0. The van der Waals surface area contributed by atoms with Crippen LogP contribution in [0.2, 0.25) is 0 Å². The zero-order valence-electron chi connectivity index (χ0n) is 9.22. The zero-order chi connectivity index (χ0) is 9.07. The summed E-state index contributed by atoms with van der Waals surface area (Å²) >= 11 is 0. The summed E-state index contributed by atoms with van der Waals surface area (Å²) in [6.07, 6.45) is 6.26. The third-order valence-corrected chi connectivity index (χ3v) is 1.54. The molecule has 0 heterocycles. The first kappa shape index (κ1) is 32.9. The summed E-state index contributed by atoms with van der Waals surface area (Å²) in [6, 6.07) is 0. The normalized spacial score (nSPS) is 7.88. The summed E-state index contributed by atoms with van der Waals surface area (Å²) in [5, 5.41) is 0. The van der Waals surface area contributed by atoms with Gasteiger partial charge in [-0.15, -0.1) is 0 Å². The van der Waals surface area contributed by atoms with Crippen molar-refractivity contribution in [3.8, 4) is 0 Å². The standard InChI is InChI=1S/C10H20O2.4Tb/c1-3-5-7-9-11-12-10-8-6-4-2;;;;/h1-10H2;;;;/q-2;;;;. The molecule has 0 aromatic rings. The predicted molar refractivity (Wildman–Crippen MR) is 50.3 cm³/mol. The summed E-state index contributed by atoms with van der Waals surface area (Å²) in [4.78, 5) is 9.87. The molecular formula is C10H20O2Tb4-2. The fourth-order valence-electron chi connectivity index (χ4n) is 0.793. The molecule has 0 fully saturated rings. The molecule has 0 amide bonds. The molecule has 6 heteroatoms. The van der Waals surface area contributed by atoms with Crippen LogP contribution in [0.1, 0.15) is 38.5 Å². The second-order valence-corrected chi connectivity index (χ2v) is 2.77. The van der Waals surface area contributed by atoms with Crippen molar-refractivity contribution in [1.82, 2.24) is 0 Å². The van der Waals surface area contributed by atoms with E-state index in [2.05, 4.69) is 13.8 Å². The molecule has 0 bridgehead atoms. The second kappa shape index (κ2) is 32.1. The van der Waals surface area contributed by atoms with Crippen LogP contribution in [0, 0.1) is 168 Å². The summed E-state index contributed by atoms with van der Waals surface area (Å²) in [6.45, 7) is 8.87. The quantitative estimate of drug-likeness (QED) is 0.155. The molecule has 0 atom stereocenters.